The maximum absolute atomic E-state index is 13.3. The Morgan fingerprint density at radius 1 is 1.22 bits per heavy atom. The Labute approximate surface area is 190 Å². The van der Waals surface area contributed by atoms with Gasteiger partial charge in [0.05, 0.1) is 29.8 Å². The van der Waals surface area contributed by atoms with Crippen LogP contribution in [-0.4, -0.2) is 53.6 Å². The molecule has 32 heavy (non-hydrogen) atoms. The van der Waals surface area contributed by atoms with Gasteiger partial charge in [-0.1, -0.05) is 32.1 Å². The van der Waals surface area contributed by atoms with Crippen LogP contribution in [0.4, 0.5) is 0 Å². The smallest absolute Gasteiger partial charge is 0.243 e. The second-order valence-electron chi connectivity index (χ2n) is 8.38. The molecular weight excluding hydrogens is 424 g/mol. The van der Waals surface area contributed by atoms with Gasteiger partial charge in [0, 0.05) is 25.8 Å². The van der Waals surface area contributed by atoms with E-state index in [0.717, 1.165) is 22.4 Å². The number of aromatic nitrogens is 3. The summed E-state index contributed by atoms with van der Waals surface area (Å²) in [5, 5.41) is 0. The molecule has 2 aromatic heterocycles. The van der Waals surface area contributed by atoms with Crippen molar-refractivity contribution < 1.29 is 13.2 Å². The summed E-state index contributed by atoms with van der Waals surface area (Å²) >= 11 is 0. The number of pyridine rings is 1. The molecule has 1 atom stereocenters. The summed E-state index contributed by atoms with van der Waals surface area (Å²) < 4.78 is 35.7. The number of hydrogen-bond donors (Lipinski definition) is 0. The third-order valence-corrected chi connectivity index (χ3v) is 7.41. The molecule has 0 fully saturated rings. The Kier molecular flexibility index (Phi) is 7.82. The highest BCUT2D eigenvalue weighted by molar-refractivity contribution is 7.89. The first-order chi connectivity index (χ1) is 15.2. The van der Waals surface area contributed by atoms with Crippen molar-refractivity contribution in [1.82, 2.24) is 18.8 Å². The molecule has 3 rings (SSSR count). The molecule has 0 amide bonds. The first kappa shape index (κ1) is 24.1. The van der Waals surface area contributed by atoms with E-state index in [4.69, 9.17) is 4.74 Å². The molecular formula is C24H32N4O3S. The second-order valence-corrected chi connectivity index (χ2v) is 10.4. The highest BCUT2D eigenvalue weighted by Crippen LogP contribution is 2.22. The van der Waals surface area contributed by atoms with E-state index in [1.165, 1.54) is 4.31 Å². The summed E-state index contributed by atoms with van der Waals surface area (Å²) in [6, 6.07) is 8.76. The molecule has 1 aromatic carbocycles. The van der Waals surface area contributed by atoms with Gasteiger partial charge in [-0.05, 0) is 43.0 Å². The minimum absolute atomic E-state index is 0.242. The van der Waals surface area contributed by atoms with Crippen LogP contribution in [0.15, 0.2) is 60.3 Å². The predicted molar refractivity (Wildman–Crippen MR) is 127 cm³/mol. The van der Waals surface area contributed by atoms with Gasteiger partial charge >= 0.3 is 0 Å². The van der Waals surface area contributed by atoms with Crippen LogP contribution in [0.2, 0.25) is 0 Å². The largest absolute Gasteiger partial charge is 0.376 e. The molecule has 7 nitrogen and oxygen atoms in total. The number of ether oxygens (including phenoxy) is 1. The Morgan fingerprint density at radius 3 is 2.59 bits per heavy atom. The van der Waals surface area contributed by atoms with E-state index in [1.54, 1.807) is 37.7 Å². The number of fused-ring (bicyclic) bond motifs is 1. The maximum Gasteiger partial charge on any atom is 0.243 e. The lowest BCUT2D eigenvalue weighted by molar-refractivity contribution is 0.106. The first-order valence-corrected chi connectivity index (χ1v) is 12.2. The van der Waals surface area contributed by atoms with Crippen molar-refractivity contribution in [3.05, 3.63) is 66.8 Å². The van der Waals surface area contributed by atoms with Crippen LogP contribution in [-0.2, 0) is 21.3 Å². The fraction of sp³-hybridized carbons (Fsp3) is 0.417. The number of likely N-dealkylation sites (N-methyl/N-ethyl adjacent to an activating group) is 1. The molecule has 1 unspecified atom stereocenters. The fourth-order valence-corrected chi connectivity index (χ4v) is 5.12. The predicted octanol–water partition coefficient (Wildman–Crippen LogP) is 4.03. The molecule has 0 spiro atoms. The number of benzene rings is 1. The van der Waals surface area contributed by atoms with E-state index in [2.05, 4.69) is 35.0 Å². The molecule has 0 radical (unpaired) electrons. The quantitative estimate of drug-likeness (QED) is 0.322. The third-order valence-electron chi connectivity index (χ3n) is 5.49. The van der Waals surface area contributed by atoms with Gasteiger partial charge in [-0.25, -0.2) is 13.4 Å². The highest BCUT2D eigenvalue weighted by Gasteiger charge is 2.28. The van der Waals surface area contributed by atoms with Crippen molar-refractivity contribution in [3.8, 4) is 0 Å². The zero-order valence-electron chi connectivity index (χ0n) is 19.2. The summed E-state index contributed by atoms with van der Waals surface area (Å²) in [7, 11) is -2.01. The Hall–Kier alpha value is -2.55. The van der Waals surface area contributed by atoms with Gasteiger partial charge in [0.1, 0.15) is 11.3 Å². The summed E-state index contributed by atoms with van der Waals surface area (Å²) in [6.07, 6.45) is 5.88. The summed E-state index contributed by atoms with van der Waals surface area (Å²) in [5.74, 6) is 1.23. The van der Waals surface area contributed by atoms with E-state index in [-0.39, 0.29) is 10.9 Å². The van der Waals surface area contributed by atoms with Crippen LogP contribution >= 0.6 is 0 Å². The van der Waals surface area contributed by atoms with E-state index in [0.29, 0.717) is 32.1 Å². The molecule has 0 bridgehead atoms. The van der Waals surface area contributed by atoms with Gasteiger partial charge in [-0.2, -0.15) is 4.31 Å². The summed E-state index contributed by atoms with van der Waals surface area (Å²) in [4.78, 5) is 8.94. The van der Waals surface area contributed by atoms with Crippen LogP contribution in [0, 0.1) is 12.8 Å². The normalized spacial score (nSPS) is 13.2. The van der Waals surface area contributed by atoms with Crippen LogP contribution in [0.3, 0.4) is 0 Å². The number of nitrogens with zero attached hydrogens (tertiary/aromatic N) is 4. The van der Waals surface area contributed by atoms with Gasteiger partial charge in [0.25, 0.3) is 0 Å². The Balaban J connectivity index is 1.79. The third kappa shape index (κ3) is 5.43. The molecule has 0 aliphatic heterocycles. The van der Waals surface area contributed by atoms with E-state index in [9.17, 15) is 8.42 Å². The van der Waals surface area contributed by atoms with Gasteiger partial charge in [-0.3, -0.25) is 4.98 Å². The van der Waals surface area contributed by atoms with Crippen molar-refractivity contribution in [1.29, 1.82) is 0 Å². The van der Waals surface area contributed by atoms with Gasteiger partial charge in [-0.15, -0.1) is 6.58 Å². The number of sulfonamides is 1. The van der Waals surface area contributed by atoms with Crippen molar-refractivity contribution in [2.24, 2.45) is 5.92 Å². The lowest BCUT2D eigenvalue weighted by Gasteiger charge is -2.28. The molecule has 0 N–H and O–H groups in total. The molecule has 0 saturated carbocycles. The monoisotopic (exact) mass is 456 g/mol. The minimum atomic E-state index is -3.64. The summed E-state index contributed by atoms with van der Waals surface area (Å²) in [6.45, 7) is 11.1. The average Bonchev–Trinajstić information content (AvgIpc) is 3.08. The number of aryl methyl sites for hydroxylation is 1. The zero-order valence-corrected chi connectivity index (χ0v) is 20.0. The molecule has 0 aliphatic rings. The Bertz CT molecular complexity index is 1150. The fourth-order valence-electron chi connectivity index (χ4n) is 3.77. The number of rotatable bonds is 11. The van der Waals surface area contributed by atoms with Gasteiger partial charge in [0.15, 0.2) is 0 Å². The second kappa shape index (κ2) is 10.4. The van der Waals surface area contributed by atoms with E-state index < -0.39 is 10.0 Å². The summed E-state index contributed by atoms with van der Waals surface area (Å²) in [5.41, 5.74) is 2.85. The van der Waals surface area contributed by atoms with Crippen molar-refractivity contribution in [2.45, 2.75) is 44.7 Å². The van der Waals surface area contributed by atoms with Crippen LogP contribution in [0.1, 0.15) is 31.7 Å². The number of hydrogen-bond acceptors (Lipinski definition) is 5. The molecule has 8 heteroatoms. The van der Waals surface area contributed by atoms with Crippen molar-refractivity contribution in [3.63, 3.8) is 0 Å². The van der Waals surface area contributed by atoms with Crippen LogP contribution in [0.25, 0.3) is 11.0 Å². The van der Waals surface area contributed by atoms with Crippen LogP contribution < -0.4 is 0 Å². The maximum atomic E-state index is 13.3. The molecule has 3 aromatic rings. The topological polar surface area (TPSA) is 77.3 Å². The van der Waals surface area contributed by atoms with Crippen molar-refractivity contribution >= 4 is 21.1 Å². The molecule has 172 valence electrons. The van der Waals surface area contributed by atoms with Crippen LogP contribution in [0.5, 0.6) is 0 Å². The lowest BCUT2D eigenvalue weighted by atomic mass is 10.0. The zero-order chi connectivity index (χ0) is 23.3. The van der Waals surface area contributed by atoms with Crippen molar-refractivity contribution in [2.75, 3.05) is 20.3 Å². The lowest BCUT2D eigenvalue weighted by Crippen LogP contribution is -2.41. The molecule has 2 heterocycles. The molecule has 0 saturated heterocycles. The average molecular weight is 457 g/mol. The standard InChI is InChI=1S/C24H32N4O3S/c1-6-13-31-17-21(14-18(2)3)27(5)32(29,30)22-9-7-20(8-10-22)16-28-19(4)26-23-15-25-12-11-24(23)28/h6-12,15,18,21H,1,13-14,16-17H2,2-5H3. The van der Waals surface area contributed by atoms with Gasteiger partial charge in [0.2, 0.25) is 10.0 Å². The molecule has 0 aliphatic carbocycles. The highest BCUT2D eigenvalue weighted by atomic mass is 32.2. The SMILES string of the molecule is C=CCOCC(CC(C)C)N(C)S(=O)(=O)c1ccc(Cn2c(C)nc3cnccc32)cc1. The van der Waals surface area contributed by atoms with Gasteiger partial charge < -0.3 is 9.30 Å². The van der Waals surface area contributed by atoms with E-state index in [1.807, 2.05) is 25.1 Å². The number of imidazole rings is 1. The first-order valence-electron chi connectivity index (χ1n) is 10.8. The van der Waals surface area contributed by atoms with E-state index >= 15 is 0 Å². The minimum Gasteiger partial charge on any atom is -0.376 e. The Morgan fingerprint density at radius 2 is 1.94 bits per heavy atom.